The van der Waals surface area contributed by atoms with Crippen molar-refractivity contribution in [3.8, 4) is 0 Å². The number of benzene rings is 2. The zero-order chi connectivity index (χ0) is 28.7. The Morgan fingerprint density at radius 1 is 1.08 bits per heavy atom. The first-order chi connectivity index (χ1) is 18.1. The van der Waals surface area contributed by atoms with Gasteiger partial charge in [0.1, 0.15) is 11.4 Å². The standard InChI is InChI=1S/C28H29F4N3O4/c1-16-5-7-20-19(24(16)33-23(36)14-17-6-8-21(22(29)13-17)28(30,31)32)10-12-35(25(20)37)18-9-11-34(15-18)26(38)39-27(2,3)4/h5-8,10,12-13,18H,9,11,14-15H2,1-4H3,(H,33,36)/t18-/m0/s1. The number of hydrogen-bond acceptors (Lipinski definition) is 4. The first kappa shape index (κ1) is 28.1. The number of aromatic nitrogens is 1. The molecule has 2 aromatic carbocycles. The van der Waals surface area contributed by atoms with Crippen LogP contribution in [0.4, 0.5) is 28.0 Å². The van der Waals surface area contributed by atoms with Gasteiger partial charge in [-0.15, -0.1) is 0 Å². The van der Waals surface area contributed by atoms with Crippen LogP contribution >= 0.6 is 0 Å². The Bertz CT molecular complexity index is 1490. The van der Waals surface area contributed by atoms with Gasteiger partial charge in [-0.05, 0) is 69.5 Å². The number of hydrogen-bond donors (Lipinski definition) is 1. The third-order valence-corrected chi connectivity index (χ3v) is 6.50. The number of pyridine rings is 1. The normalized spacial score (nSPS) is 16.0. The van der Waals surface area contributed by atoms with E-state index in [4.69, 9.17) is 4.74 Å². The van der Waals surface area contributed by atoms with Crippen molar-refractivity contribution in [3.05, 3.63) is 75.5 Å². The van der Waals surface area contributed by atoms with Gasteiger partial charge in [-0.1, -0.05) is 12.1 Å². The molecule has 11 heteroatoms. The van der Waals surface area contributed by atoms with Crippen LogP contribution in [0.2, 0.25) is 0 Å². The number of aryl methyl sites for hydroxylation is 1. The summed E-state index contributed by atoms with van der Waals surface area (Å²) in [4.78, 5) is 40.1. The van der Waals surface area contributed by atoms with Crippen molar-refractivity contribution in [2.45, 2.75) is 58.4 Å². The zero-order valence-electron chi connectivity index (χ0n) is 22.0. The predicted molar refractivity (Wildman–Crippen MR) is 138 cm³/mol. The smallest absolute Gasteiger partial charge is 0.419 e. The van der Waals surface area contributed by atoms with Crippen molar-refractivity contribution in [1.29, 1.82) is 0 Å². The molecule has 2 heterocycles. The highest BCUT2D eigenvalue weighted by Crippen LogP contribution is 2.32. The molecule has 0 bridgehead atoms. The third kappa shape index (κ3) is 6.23. The number of amides is 2. The molecule has 1 aromatic heterocycles. The molecule has 0 aliphatic carbocycles. The van der Waals surface area contributed by atoms with Crippen molar-refractivity contribution in [2.75, 3.05) is 18.4 Å². The molecule has 208 valence electrons. The van der Waals surface area contributed by atoms with Crippen LogP contribution in [0.5, 0.6) is 0 Å². The Balaban J connectivity index is 1.54. The van der Waals surface area contributed by atoms with E-state index in [0.29, 0.717) is 53.7 Å². The van der Waals surface area contributed by atoms with Gasteiger partial charge in [-0.2, -0.15) is 13.2 Å². The highest BCUT2D eigenvalue weighted by atomic mass is 19.4. The van der Waals surface area contributed by atoms with Crippen LogP contribution in [0, 0.1) is 12.7 Å². The number of carbonyl (C=O) groups excluding carboxylic acids is 2. The van der Waals surface area contributed by atoms with E-state index in [9.17, 15) is 31.9 Å². The quantitative estimate of drug-likeness (QED) is 0.417. The summed E-state index contributed by atoms with van der Waals surface area (Å²) in [6.07, 6.45) is -3.43. The lowest BCUT2D eigenvalue weighted by Crippen LogP contribution is -2.36. The number of likely N-dealkylation sites (tertiary alicyclic amines) is 1. The number of rotatable bonds is 4. The van der Waals surface area contributed by atoms with Gasteiger partial charge >= 0.3 is 12.3 Å². The maximum Gasteiger partial charge on any atom is 0.419 e. The average Bonchev–Trinajstić information content (AvgIpc) is 3.29. The fourth-order valence-corrected chi connectivity index (χ4v) is 4.63. The van der Waals surface area contributed by atoms with E-state index < -0.39 is 35.2 Å². The van der Waals surface area contributed by atoms with Gasteiger partial charge in [0.2, 0.25) is 5.91 Å². The van der Waals surface area contributed by atoms with Gasteiger partial charge in [0, 0.05) is 30.1 Å². The minimum Gasteiger partial charge on any atom is -0.444 e. The monoisotopic (exact) mass is 547 g/mol. The van der Waals surface area contributed by atoms with E-state index in [2.05, 4.69) is 5.32 Å². The van der Waals surface area contributed by atoms with Crippen LogP contribution in [-0.2, 0) is 22.1 Å². The number of halogens is 4. The Morgan fingerprint density at radius 3 is 2.44 bits per heavy atom. The topological polar surface area (TPSA) is 80.6 Å². The van der Waals surface area contributed by atoms with Crippen molar-refractivity contribution in [3.63, 3.8) is 0 Å². The molecule has 1 N–H and O–H groups in total. The highest BCUT2D eigenvalue weighted by Gasteiger charge is 2.34. The van der Waals surface area contributed by atoms with Crippen molar-refractivity contribution < 1.29 is 31.9 Å². The molecule has 2 amide bonds. The van der Waals surface area contributed by atoms with Crippen LogP contribution < -0.4 is 10.9 Å². The number of ether oxygens (including phenoxy) is 1. The van der Waals surface area contributed by atoms with E-state index in [0.717, 1.165) is 6.07 Å². The maximum absolute atomic E-state index is 13.9. The van der Waals surface area contributed by atoms with E-state index in [-0.39, 0.29) is 23.6 Å². The number of nitrogens with one attached hydrogen (secondary N) is 1. The summed E-state index contributed by atoms with van der Waals surface area (Å²) < 4.78 is 59.4. The molecular formula is C28H29F4N3O4. The highest BCUT2D eigenvalue weighted by molar-refractivity contribution is 6.03. The van der Waals surface area contributed by atoms with E-state index in [1.54, 1.807) is 61.6 Å². The molecule has 4 rings (SSSR count). The second-order valence-electron chi connectivity index (χ2n) is 10.7. The molecule has 39 heavy (non-hydrogen) atoms. The van der Waals surface area contributed by atoms with Gasteiger partial charge in [0.25, 0.3) is 5.56 Å². The molecular weight excluding hydrogens is 518 g/mol. The van der Waals surface area contributed by atoms with E-state index in [1.807, 2.05) is 0 Å². The Hall–Kier alpha value is -3.89. The lowest BCUT2D eigenvalue weighted by Gasteiger charge is -2.24. The first-order valence-electron chi connectivity index (χ1n) is 12.4. The number of anilines is 1. The lowest BCUT2D eigenvalue weighted by atomic mass is 10.0. The second kappa shape index (κ2) is 10.3. The summed E-state index contributed by atoms with van der Waals surface area (Å²) >= 11 is 0. The molecule has 1 aliphatic rings. The maximum atomic E-state index is 13.9. The fourth-order valence-electron chi connectivity index (χ4n) is 4.63. The molecule has 1 fully saturated rings. The minimum atomic E-state index is -4.83. The van der Waals surface area contributed by atoms with Gasteiger partial charge in [0.15, 0.2) is 0 Å². The first-order valence-corrected chi connectivity index (χ1v) is 12.4. The van der Waals surface area contributed by atoms with Gasteiger partial charge < -0.3 is 19.5 Å². The zero-order valence-corrected chi connectivity index (χ0v) is 22.0. The fraction of sp³-hybridized carbons (Fsp3) is 0.393. The van der Waals surface area contributed by atoms with Gasteiger partial charge in [-0.3, -0.25) is 9.59 Å². The summed E-state index contributed by atoms with van der Waals surface area (Å²) in [6.45, 7) is 7.86. The number of carbonyl (C=O) groups is 2. The molecule has 0 spiro atoms. The van der Waals surface area contributed by atoms with E-state index in [1.165, 1.54) is 0 Å². The van der Waals surface area contributed by atoms with Crippen LogP contribution in [-0.4, -0.2) is 40.2 Å². The molecule has 0 radical (unpaired) electrons. The van der Waals surface area contributed by atoms with Crippen molar-refractivity contribution >= 4 is 28.5 Å². The van der Waals surface area contributed by atoms with Crippen molar-refractivity contribution in [1.82, 2.24) is 9.47 Å². The minimum absolute atomic E-state index is 0.0778. The summed E-state index contributed by atoms with van der Waals surface area (Å²) in [5.41, 5.74) is -1.18. The van der Waals surface area contributed by atoms with Gasteiger partial charge in [0.05, 0.1) is 23.7 Å². The summed E-state index contributed by atoms with van der Waals surface area (Å²) in [5.74, 6) is -2.02. The average molecular weight is 548 g/mol. The molecule has 0 unspecified atom stereocenters. The molecule has 1 aliphatic heterocycles. The molecule has 0 saturated carbocycles. The number of fused-ring (bicyclic) bond motifs is 1. The van der Waals surface area contributed by atoms with Crippen LogP contribution in [0.3, 0.4) is 0 Å². The van der Waals surface area contributed by atoms with Gasteiger partial charge in [-0.25, -0.2) is 9.18 Å². The Kier molecular flexibility index (Phi) is 7.46. The van der Waals surface area contributed by atoms with Crippen molar-refractivity contribution in [2.24, 2.45) is 0 Å². The van der Waals surface area contributed by atoms with Crippen LogP contribution in [0.15, 0.2) is 47.4 Å². The molecule has 1 atom stereocenters. The molecule has 3 aromatic rings. The Morgan fingerprint density at radius 2 is 1.79 bits per heavy atom. The largest absolute Gasteiger partial charge is 0.444 e. The number of alkyl halides is 3. The van der Waals surface area contributed by atoms with Crippen LogP contribution in [0.1, 0.15) is 49.9 Å². The molecule has 1 saturated heterocycles. The number of nitrogens with zero attached hydrogens (tertiary/aromatic N) is 2. The predicted octanol–water partition coefficient (Wildman–Crippen LogP) is 5.83. The SMILES string of the molecule is Cc1ccc2c(=O)n([C@H]3CCN(C(=O)OC(C)(C)C)C3)ccc2c1NC(=O)Cc1ccc(C(F)(F)F)c(F)c1. The molecule has 7 nitrogen and oxygen atoms in total. The summed E-state index contributed by atoms with van der Waals surface area (Å²) in [7, 11) is 0. The Labute approximate surface area is 222 Å². The summed E-state index contributed by atoms with van der Waals surface area (Å²) in [6, 6.07) is 7.16. The lowest BCUT2D eigenvalue weighted by molar-refractivity contribution is -0.140. The van der Waals surface area contributed by atoms with E-state index >= 15 is 0 Å². The van der Waals surface area contributed by atoms with Crippen LogP contribution in [0.25, 0.3) is 10.8 Å². The second-order valence-corrected chi connectivity index (χ2v) is 10.7. The third-order valence-electron chi connectivity index (χ3n) is 6.50. The summed E-state index contributed by atoms with van der Waals surface area (Å²) in [5, 5.41) is 3.57.